The second-order valence-electron chi connectivity index (χ2n) is 11.0. The molecule has 2 aliphatic heterocycles. The van der Waals surface area contributed by atoms with Gasteiger partial charge in [-0.05, 0) is 63.4 Å². The van der Waals surface area contributed by atoms with Crippen LogP contribution < -0.4 is 10.1 Å². The minimum absolute atomic E-state index is 0.0904. The predicted octanol–water partition coefficient (Wildman–Crippen LogP) is 4.77. The number of nitrogens with zero attached hydrogens (tertiary/aromatic N) is 1. The van der Waals surface area contributed by atoms with E-state index in [9.17, 15) is 14.4 Å². The van der Waals surface area contributed by atoms with Gasteiger partial charge in [-0.3, -0.25) is 9.59 Å². The highest BCUT2D eigenvalue weighted by Gasteiger charge is 2.44. The van der Waals surface area contributed by atoms with Gasteiger partial charge >= 0.3 is 6.09 Å². The maximum atomic E-state index is 13.6. The topological polar surface area (TPSA) is 84.9 Å². The number of benzene rings is 2. The molecular formula is C29H36N2O5. The van der Waals surface area contributed by atoms with E-state index in [1.807, 2.05) is 56.3 Å². The summed E-state index contributed by atoms with van der Waals surface area (Å²) in [6.07, 6.45) is 1.17. The lowest BCUT2D eigenvalue weighted by Crippen LogP contribution is -2.56. The van der Waals surface area contributed by atoms with Crippen molar-refractivity contribution in [3.05, 3.63) is 64.7 Å². The van der Waals surface area contributed by atoms with Crippen LogP contribution in [0.25, 0.3) is 0 Å². The standard InChI is InChI=1S/C29H36N2O5/c1-19-15-22-24(32)18-29(35-25(22)16-20(19)2)11-13-31(14-12-29)26(33)23(17-21-9-7-6-8-10-21)30-27(34)36-28(3,4)5/h6-10,15-16,23H,11-14,17-18H2,1-5H3,(H,30,34). The van der Waals surface area contributed by atoms with Crippen LogP contribution in [0.4, 0.5) is 4.79 Å². The maximum absolute atomic E-state index is 13.6. The maximum Gasteiger partial charge on any atom is 0.408 e. The van der Waals surface area contributed by atoms with Gasteiger partial charge in [-0.1, -0.05) is 30.3 Å². The van der Waals surface area contributed by atoms with Gasteiger partial charge in [0.05, 0.1) is 12.0 Å². The predicted molar refractivity (Wildman–Crippen MR) is 137 cm³/mol. The zero-order valence-corrected chi connectivity index (χ0v) is 21.8. The monoisotopic (exact) mass is 492 g/mol. The molecule has 2 amide bonds. The van der Waals surface area contributed by atoms with E-state index in [4.69, 9.17) is 9.47 Å². The van der Waals surface area contributed by atoms with Gasteiger partial charge in [0.1, 0.15) is 23.0 Å². The molecule has 36 heavy (non-hydrogen) atoms. The summed E-state index contributed by atoms with van der Waals surface area (Å²) in [6, 6.07) is 12.7. The number of aryl methyl sites for hydroxylation is 2. The lowest BCUT2D eigenvalue weighted by molar-refractivity contribution is -0.137. The van der Waals surface area contributed by atoms with E-state index in [0.29, 0.717) is 50.1 Å². The average Bonchev–Trinajstić information content (AvgIpc) is 2.80. The number of hydrogen-bond donors (Lipinski definition) is 1. The van der Waals surface area contributed by atoms with Crippen molar-refractivity contribution in [2.75, 3.05) is 13.1 Å². The highest BCUT2D eigenvalue weighted by molar-refractivity contribution is 6.00. The molecule has 1 saturated heterocycles. The molecule has 1 spiro atoms. The van der Waals surface area contributed by atoms with Crippen molar-refractivity contribution in [2.24, 2.45) is 0 Å². The third-order valence-electron chi connectivity index (χ3n) is 6.96. The summed E-state index contributed by atoms with van der Waals surface area (Å²) < 4.78 is 11.8. The molecule has 2 aliphatic rings. The molecule has 1 N–H and O–H groups in total. The minimum Gasteiger partial charge on any atom is -0.486 e. The number of likely N-dealkylation sites (tertiary alicyclic amines) is 1. The summed E-state index contributed by atoms with van der Waals surface area (Å²) in [7, 11) is 0. The Kier molecular flexibility index (Phi) is 7.12. The molecule has 2 aromatic carbocycles. The van der Waals surface area contributed by atoms with E-state index in [0.717, 1.165) is 16.7 Å². The first-order chi connectivity index (χ1) is 16.9. The number of piperidine rings is 1. The molecule has 192 valence electrons. The molecule has 7 nitrogen and oxygen atoms in total. The van der Waals surface area contributed by atoms with E-state index in [2.05, 4.69) is 5.32 Å². The largest absolute Gasteiger partial charge is 0.486 e. The number of amides is 2. The van der Waals surface area contributed by atoms with Gasteiger partial charge < -0.3 is 19.7 Å². The lowest BCUT2D eigenvalue weighted by atomic mass is 9.81. The van der Waals surface area contributed by atoms with Crippen LogP contribution >= 0.6 is 0 Å². The van der Waals surface area contributed by atoms with Crippen molar-refractivity contribution in [3.63, 3.8) is 0 Å². The third kappa shape index (κ3) is 5.89. The smallest absolute Gasteiger partial charge is 0.408 e. The van der Waals surface area contributed by atoms with E-state index in [1.54, 1.807) is 25.7 Å². The lowest BCUT2D eigenvalue weighted by Gasteiger charge is -2.44. The number of fused-ring (bicyclic) bond motifs is 1. The Hall–Kier alpha value is -3.35. The van der Waals surface area contributed by atoms with Crippen LogP contribution in [-0.2, 0) is 16.0 Å². The van der Waals surface area contributed by atoms with Crippen LogP contribution in [0.3, 0.4) is 0 Å². The van der Waals surface area contributed by atoms with E-state index in [-0.39, 0.29) is 11.7 Å². The zero-order valence-electron chi connectivity index (χ0n) is 21.8. The first-order valence-corrected chi connectivity index (χ1v) is 12.6. The number of rotatable bonds is 4. The molecule has 0 saturated carbocycles. The number of carbonyl (C=O) groups excluding carboxylic acids is 3. The summed E-state index contributed by atoms with van der Waals surface area (Å²) in [5.41, 5.74) is 2.48. The summed E-state index contributed by atoms with van der Waals surface area (Å²) in [5, 5.41) is 2.78. The fourth-order valence-electron chi connectivity index (χ4n) is 4.88. The molecule has 2 aromatic rings. The fourth-order valence-corrected chi connectivity index (χ4v) is 4.88. The SMILES string of the molecule is Cc1cc2c(cc1C)C(=O)CC1(CCN(C(=O)C(Cc3ccccc3)NC(=O)OC(C)(C)C)CC1)O2. The zero-order chi connectivity index (χ0) is 26.1. The summed E-state index contributed by atoms with van der Waals surface area (Å²) >= 11 is 0. The molecule has 0 aliphatic carbocycles. The van der Waals surface area contributed by atoms with Crippen LogP contribution in [0.2, 0.25) is 0 Å². The van der Waals surface area contributed by atoms with Crippen molar-refractivity contribution in [1.29, 1.82) is 0 Å². The number of Topliss-reactive ketones (excluding diaryl/α,β-unsaturated/α-hetero) is 1. The van der Waals surface area contributed by atoms with Crippen molar-refractivity contribution in [3.8, 4) is 5.75 Å². The number of ketones is 1. The number of nitrogens with one attached hydrogen (secondary N) is 1. The summed E-state index contributed by atoms with van der Waals surface area (Å²) in [5.74, 6) is 0.573. The van der Waals surface area contributed by atoms with E-state index in [1.165, 1.54) is 0 Å². The highest BCUT2D eigenvalue weighted by atomic mass is 16.6. The number of alkyl carbamates (subject to hydrolysis) is 1. The van der Waals surface area contributed by atoms with Gasteiger partial charge in [0.25, 0.3) is 0 Å². The number of carbonyl (C=O) groups is 3. The Morgan fingerprint density at radius 1 is 1.08 bits per heavy atom. The molecule has 4 rings (SSSR count). The number of ether oxygens (including phenoxy) is 2. The Morgan fingerprint density at radius 3 is 2.36 bits per heavy atom. The Morgan fingerprint density at radius 2 is 1.72 bits per heavy atom. The molecule has 0 radical (unpaired) electrons. The summed E-state index contributed by atoms with van der Waals surface area (Å²) in [6.45, 7) is 10.3. The Labute approximate surface area is 213 Å². The van der Waals surface area contributed by atoms with Crippen molar-refractivity contribution >= 4 is 17.8 Å². The molecule has 1 unspecified atom stereocenters. The molecule has 2 heterocycles. The van der Waals surface area contributed by atoms with Gasteiger partial charge in [-0.25, -0.2) is 4.79 Å². The minimum atomic E-state index is -0.753. The highest BCUT2D eigenvalue weighted by Crippen LogP contribution is 2.40. The normalized spacial score (nSPS) is 17.7. The van der Waals surface area contributed by atoms with Crippen LogP contribution in [-0.4, -0.2) is 53.0 Å². The van der Waals surface area contributed by atoms with Crippen molar-refractivity contribution in [1.82, 2.24) is 10.2 Å². The Bertz CT molecular complexity index is 1140. The number of hydrogen-bond acceptors (Lipinski definition) is 5. The third-order valence-corrected chi connectivity index (χ3v) is 6.96. The van der Waals surface area contributed by atoms with Crippen LogP contribution in [0, 0.1) is 13.8 Å². The summed E-state index contributed by atoms with van der Waals surface area (Å²) in [4.78, 5) is 40.8. The quantitative estimate of drug-likeness (QED) is 0.665. The molecule has 1 fully saturated rings. The molecule has 7 heteroatoms. The van der Waals surface area contributed by atoms with E-state index >= 15 is 0 Å². The van der Waals surface area contributed by atoms with Gasteiger partial charge in [-0.15, -0.1) is 0 Å². The molecule has 0 bridgehead atoms. The molecule has 1 atom stereocenters. The van der Waals surface area contributed by atoms with Gasteiger partial charge in [0.15, 0.2) is 5.78 Å². The van der Waals surface area contributed by atoms with Crippen LogP contribution in [0.1, 0.15) is 67.1 Å². The first-order valence-electron chi connectivity index (χ1n) is 12.6. The Balaban J connectivity index is 1.46. The van der Waals surface area contributed by atoms with E-state index < -0.39 is 23.3 Å². The average molecular weight is 493 g/mol. The van der Waals surface area contributed by atoms with Gasteiger partial charge in [-0.2, -0.15) is 0 Å². The van der Waals surface area contributed by atoms with Crippen molar-refractivity contribution < 1.29 is 23.9 Å². The van der Waals surface area contributed by atoms with Gasteiger partial charge in [0, 0.05) is 32.4 Å². The van der Waals surface area contributed by atoms with Gasteiger partial charge in [0.2, 0.25) is 5.91 Å². The first kappa shape index (κ1) is 25.7. The molecular weight excluding hydrogens is 456 g/mol. The van der Waals surface area contributed by atoms with Crippen LogP contribution in [0.5, 0.6) is 5.75 Å². The second kappa shape index (κ2) is 9.96. The molecule has 0 aromatic heterocycles. The van der Waals surface area contributed by atoms with Crippen molar-refractivity contribution in [2.45, 2.75) is 77.5 Å². The second-order valence-corrected chi connectivity index (χ2v) is 11.0. The fraction of sp³-hybridized carbons (Fsp3) is 0.483. The van der Waals surface area contributed by atoms with Crippen LogP contribution in [0.15, 0.2) is 42.5 Å².